The minimum atomic E-state index is -3.03. The molecule has 38 heavy (non-hydrogen) atoms. The monoisotopic (exact) mass is 524 g/mol. The van der Waals surface area contributed by atoms with E-state index in [1.807, 2.05) is 6.07 Å². The van der Waals surface area contributed by atoms with Crippen LogP contribution < -0.4 is 5.32 Å². The second kappa shape index (κ2) is 11.2. The summed E-state index contributed by atoms with van der Waals surface area (Å²) in [5.74, 6) is -0.0636. The Morgan fingerprint density at radius 1 is 1.16 bits per heavy atom. The Morgan fingerprint density at radius 3 is 2.61 bits per heavy atom. The number of pyridine rings is 1. The average Bonchev–Trinajstić information content (AvgIpc) is 2.95. The number of carbonyl (C=O) groups is 1. The summed E-state index contributed by atoms with van der Waals surface area (Å²) in [5.41, 5.74) is 3.54. The Balaban J connectivity index is 1.35. The zero-order valence-electron chi connectivity index (χ0n) is 21.9. The summed E-state index contributed by atoms with van der Waals surface area (Å²) in [6.07, 6.45) is 2.56. The third kappa shape index (κ3) is 5.76. The quantitative estimate of drug-likeness (QED) is 0.496. The highest BCUT2D eigenvalue weighted by atomic mass is 19.3. The van der Waals surface area contributed by atoms with E-state index in [9.17, 15) is 13.6 Å². The van der Waals surface area contributed by atoms with E-state index in [1.165, 1.54) is 18.4 Å². The van der Waals surface area contributed by atoms with Crippen LogP contribution in [-0.4, -0.2) is 88.6 Å². The van der Waals surface area contributed by atoms with Crippen LogP contribution >= 0.6 is 0 Å². The maximum atomic E-state index is 13.0. The number of benzene rings is 1. The molecule has 10 heteroatoms. The molecule has 0 aliphatic carbocycles. The van der Waals surface area contributed by atoms with E-state index < -0.39 is 17.9 Å². The first-order valence-electron chi connectivity index (χ1n) is 13.2. The van der Waals surface area contributed by atoms with Gasteiger partial charge in [-0.1, -0.05) is 31.2 Å². The smallest absolute Gasteiger partial charge is 0.315 e. The van der Waals surface area contributed by atoms with E-state index in [0.717, 1.165) is 35.8 Å². The van der Waals surface area contributed by atoms with E-state index >= 15 is 0 Å². The van der Waals surface area contributed by atoms with Gasteiger partial charge in [-0.05, 0) is 56.9 Å². The van der Waals surface area contributed by atoms with Crippen LogP contribution in [-0.2, 0) is 9.53 Å². The maximum Gasteiger partial charge on any atom is 0.315 e. The topological polar surface area (TPSA) is 83.5 Å². The lowest BCUT2D eigenvalue weighted by atomic mass is 9.89. The van der Waals surface area contributed by atoms with E-state index in [2.05, 4.69) is 51.4 Å². The van der Waals surface area contributed by atoms with Crippen LogP contribution in [0.25, 0.3) is 22.3 Å². The predicted octanol–water partition coefficient (Wildman–Crippen LogP) is 4.19. The van der Waals surface area contributed by atoms with Gasteiger partial charge in [0, 0.05) is 31.0 Å². The van der Waals surface area contributed by atoms with Gasteiger partial charge in [-0.25, -0.2) is 9.97 Å². The predicted molar refractivity (Wildman–Crippen MR) is 142 cm³/mol. The van der Waals surface area contributed by atoms with Gasteiger partial charge in [0.25, 0.3) is 5.91 Å². The van der Waals surface area contributed by atoms with E-state index in [-0.39, 0.29) is 26.2 Å². The van der Waals surface area contributed by atoms with Crippen molar-refractivity contribution in [1.29, 1.82) is 0 Å². The molecule has 2 aliphatic rings. The molecule has 2 saturated heterocycles. The summed E-state index contributed by atoms with van der Waals surface area (Å²) >= 11 is 0. The molecule has 1 amide bonds. The lowest BCUT2D eigenvalue weighted by Gasteiger charge is -2.40. The number of anilines is 1. The van der Waals surface area contributed by atoms with Crippen LogP contribution in [0.2, 0.25) is 0 Å². The van der Waals surface area contributed by atoms with Crippen molar-refractivity contribution in [3.63, 3.8) is 0 Å². The first-order valence-corrected chi connectivity index (χ1v) is 13.2. The van der Waals surface area contributed by atoms with Crippen molar-refractivity contribution in [3.8, 4) is 11.3 Å². The molecule has 2 aromatic heterocycles. The van der Waals surface area contributed by atoms with Crippen molar-refractivity contribution in [2.45, 2.75) is 44.6 Å². The van der Waals surface area contributed by atoms with E-state index in [1.54, 1.807) is 19.3 Å². The maximum absolute atomic E-state index is 13.0. The van der Waals surface area contributed by atoms with Crippen LogP contribution in [0.3, 0.4) is 0 Å². The van der Waals surface area contributed by atoms with Gasteiger partial charge in [0.15, 0.2) is 5.82 Å². The SMILES string of the molecule is CCN1CCC(c2ccc(-c3cc4nccnc4c(NC[C@@]4(C)CN(C(=O)C(F)F)CCO4)n3)cc2)CC1. The Hall–Kier alpha value is -3.24. The third-order valence-electron chi connectivity index (χ3n) is 7.63. The minimum absolute atomic E-state index is 0.0606. The molecule has 0 spiro atoms. The van der Waals surface area contributed by atoms with Crippen LogP contribution in [0.5, 0.6) is 0 Å². The molecule has 0 unspecified atom stereocenters. The molecular weight excluding hydrogens is 490 g/mol. The van der Waals surface area contributed by atoms with Crippen molar-refractivity contribution in [2.75, 3.05) is 51.2 Å². The van der Waals surface area contributed by atoms with Crippen LogP contribution in [0.1, 0.15) is 38.2 Å². The Labute approximate surface area is 221 Å². The number of hydrogen-bond acceptors (Lipinski definition) is 7. The molecule has 2 fully saturated rings. The fourth-order valence-electron chi connectivity index (χ4n) is 5.39. The van der Waals surface area contributed by atoms with Crippen LogP contribution in [0, 0.1) is 0 Å². The molecule has 1 N–H and O–H groups in total. The van der Waals surface area contributed by atoms with Gasteiger partial charge >= 0.3 is 6.43 Å². The van der Waals surface area contributed by atoms with Gasteiger partial charge in [0.05, 0.1) is 24.4 Å². The highest BCUT2D eigenvalue weighted by Crippen LogP contribution is 2.31. The Bertz CT molecular complexity index is 1270. The summed E-state index contributed by atoms with van der Waals surface area (Å²) in [4.78, 5) is 29.3. The molecule has 4 heterocycles. The summed E-state index contributed by atoms with van der Waals surface area (Å²) in [6.45, 7) is 8.05. The minimum Gasteiger partial charge on any atom is -0.370 e. The van der Waals surface area contributed by atoms with Crippen molar-refractivity contribution >= 4 is 22.8 Å². The number of nitrogens with one attached hydrogen (secondary N) is 1. The molecule has 0 bridgehead atoms. The average molecular weight is 525 g/mol. The molecule has 5 rings (SSSR count). The van der Waals surface area contributed by atoms with Crippen molar-refractivity contribution < 1.29 is 18.3 Å². The first-order chi connectivity index (χ1) is 18.3. The summed E-state index contributed by atoms with van der Waals surface area (Å²) in [5, 5.41) is 3.30. The zero-order chi connectivity index (χ0) is 26.7. The largest absolute Gasteiger partial charge is 0.370 e. The first kappa shape index (κ1) is 26.4. The second-order valence-corrected chi connectivity index (χ2v) is 10.3. The number of alkyl halides is 2. The van der Waals surface area contributed by atoms with E-state index in [0.29, 0.717) is 22.8 Å². The Kier molecular flexibility index (Phi) is 7.80. The van der Waals surface area contributed by atoms with Gasteiger partial charge in [-0.15, -0.1) is 0 Å². The lowest BCUT2D eigenvalue weighted by Crippen LogP contribution is -2.56. The number of hydrogen-bond donors (Lipinski definition) is 1. The van der Waals surface area contributed by atoms with Crippen LogP contribution in [0.4, 0.5) is 14.6 Å². The number of rotatable bonds is 7. The van der Waals surface area contributed by atoms with Crippen molar-refractivity contribution in [3.05, 3.63) is 48.3 Å². The van der Waals surface area contributed by atoms with E-state index in [4.69, 9.17) is 9.72 Å². The van der Waals surface area contributed by atoms with Crippen molar-refractivity contribution in [1.82, 2.24) is 24.8 Å². The molecule has 3 aromatic rings. The zero-order valence-corrected chi connectivity index (χ0v) is 21.9. The van der Waals surface area contributed by atoms with Gasteiger partial charge in [-0.2, -0.15) is 8.78 Å². The highest BCUT2D eigenvalue weighted by Gasteiger charge is 2.36. The number of nitrogens with zero attached hydrogens (tertiary/aromatic N) is 5. The summed E-state index contributed by atoms with van der Waals surface area (Å²) in [7, 11) is 0. The number of fused-ring (bicyclic) bond motifs is 1. The number of carbonyl (C=O) groups excluding carboxylic acids is 1. The number of piperidine rings is 1. The number of likely N-dealkylation sites (tertiary alicyclic amines) is 1. The highest BCUT2D eigenvalue weighted by molar-refractivity contribution is 5.88. The molecule has 202 valence electrons. The molecular formula is C28H34F2N6O2. The number of aromatic nitrogens is 3. The van der Waals surface area contributed by atoms with Gasteiger partial charge < -0.3 is 19.9 Å². The molecule has 0 saturated carbocycles. The van der Waals surface area contributed by atoms with Gasteiger partial charge in [-0.3, -0.25) is 9.78 Å². The number of morpholine rings is 1. The molecule has 0 radical (unpaired) electrons. The Morgan fingerprint density at radius 2 is 1.89 bits per heavy atom. The number of amides is 1. The number of ether oxygens (including phenoxy) is 1. The van der Waals surface area contributed by atoms with Gasteiger partial charge in [0.2, 0.25) is 0 Å². The fraction of sp³-hybridized carbons (Fsp3) is 0.500. The standard InChI is InChI=1S/C28H34F2N6O2/c1-3-35-12-8-20(9-13-35)19-4-6-21(7-5-19)22-16-23-24(32-11-10-31-23)26(34-22)33-17-28(2)18-36(14-15-38-28)27(37)25(29)30/h4-7,10-11,16,20,25H,3,8-9,12-15,17-18H2,1-2H3,(H,33,34)/t28-/m0/s1. The fourth-order valence-corrected chi connectivity index (χ4v) is 5.39. The van der Waals surface area contributed by atoms with Crippen molar-refractivity contribution in [2.24, 2.45) is 0 Å². The van der Waals surface area contributed by atoms with Crippen LogP contribution in [0.15, 0.2) is 42.7 Å². The summed E-state index contributed by atoms with van der Waals surface area (Å²) < 4.78 is 31.9. The molecule has 2 aliphatic heterocycles. The molecule has 8 nitrogen and oxygen atoms in total. The number of halogens is 2. The normalized spacial score (nSPS) is 21.2. The third-order valence-corrected chi connectivity index (χ3v) is 7.63. The van der Waals surface area contributed by atoms with Gasteiger partial charge in [0.1, 0.15) is 11.1 Å². The second-order valence-electron chi connectivity index (χ2n) is 10.3. The summed E-state index contributed by atoms with van der Waals surface area (Å²) in [6, 6.07) is 10.5. The molecule has 1 aromatic carbocycles. The lowest BCUT2D eigenvalue weighted by molar-refractivity contribution is -0.157. The molecule has 1 atom stereocenters.